The highest BCUT2D eigenvalue weighted by molar-refractivity contribution is 7.09. The molecule has 0 spiro atoms. The minimum atomic E-state index is -0.189. The van der Waals surface area contributed by atoms with Gasteiger partial charge in [-0.1, -0.05) is 82.3 Å². The number of hydrogen-bond acceptors (Lipinski definition) is 3. The first-order chi connectivity index (χ1) is 17.8. The van der Waals surface area contributed by atoms with E-state index in [1.54, 1.807) is 16.2 Å². The summed E-state index contributed by atoms with van der Waals surface area (Å²) < 4.78 is 0. The lowest BCUT2D eigenvalue weighted by Crippen LogP contribution is -2.45. The van der Waals surface area contributed by atoms with Crippen molar-refractivity contribution in [3.05, 3.63) is 87.6 Å². The van der Waals surface area contributed by atoms with Crippen LogP contribution in [0.15, 0.2) is 66.0 Å². The van der Waals surface area contributed by atoms with Crippen LogP contribution in [0.25, 0.3) is 0 Å². The van der Waals surface area contributed by atoms with Crippen molar-refractivity contribution in [2.45, 2.75) is 65.5 Å². The van der Waals surface area contributed by atoms with E-state index >= 15 is 0 Å². The number of nitrogens with one attached hydrogen (secondary N) is 1. The molecule has 0 aliphatic heterocycles. The molecule has 1 aliphatic carbocycles. The monoisotopic (exact) mass is 517 g/mol. The number of carbonyl (C=O) groups excluding carboxylic acids is 2. The van der Waals surface area contributed by atoms with Gasteiger partial charge in [0.2, 0.25) is 5.91 Å². The Labute approximate surface area is 225 Å². The molecule has 196 valence electrons. The van der Waals surface area contributed by atoms with E-state index in [9.17, 15) is 9.59 Å². The molecular weight excluding hydrogens is 478 g/mol. The fraction of sp³-hybridized carbons (Fsp3) is 0.419. The first-order valence-electron chi connectivity index (χ1n) is 13.3. The number of urea groups is 1. The van der Waals surface area contributed by atoms with Crippen molar-refractivity contribution in [3.63, 3.8) is 0 Å². The number of benzene rings is 2. The summed E-state index contributed by atoms with van der Waals surface area (Å²) in [6.45, 7) is 10.3. The highest BCUT2D eigenvalue weighted by atomic mass is 32.1. The SMILES string of the molecule is CC(C)c1cccc(C(C)C)c1NC(=O)N(CC(=O)N(Cc1ccccc1)Cc1cccs1)CC1CC1. The van der Waals surface area contributed by atoms with Gasteiger partial charge in [0, 0.05) is 23.7 Å². The van der Waals surface area contributed by atoms with Crippen LogP contribution < -0.4 is 5.32 Å². The summed E-state index contributed by atoms with van der Waals surface area (Å²) in [5, 5.41) is 5.27. The zero-order valence-corrected chi connectivity index (χ0v) is 23.3. The van der Waals surface area contributed by atoms with Crippen LogP contribution in [-0.4, -0.2) is 34.8 Å². The van der Waals surface area contributed by atoms with Gasteiger partial charge in [0.15, 0.2) is 0 Å². The third-order valence-electron chi connectivity index (χ3n) is 6.89. The molecule has 0 unspecified atom stereocenters. The topological polar surface area (TPSA) is 52.7 Å². The zero-order chi connectivity index (χ0) is 26.4. The molecule has 2 aromatic carbocycles. The number of anilines is 1. The molecule has 3 amide bonds. The van der Waals surface area contributed by atoms with Crippen molar-refractivity contribution in [1.82, 2.24) is 9.80 Å². The van der Waals surface area contributed by atoms with Gasteiger partial charge in [0.25, 0.3) is 0 Å². The van der Waals surface area contributed by atoms with E-state index in [1.807, 2.05) is 46.7 Å². The Morgan fingerprint density at radius 2 is 1.54 bits per heavy atom. The van der Waals surface area contributed by atoms with Gasteiger partial charge >= 0.3 is 6.03 Å². The van der Waals surface area contributed by atoms with E-state index in [4.69, 9.17) is 0 Å². The fourth-order valence-electron chi connectivity index (χ4n) is 4.60. The Morgan fingerprint density at radius 1 is 0.865 bits per heavy atom. The predicted molar refractivity (Wildman–Crippen MR) is 153 cm³/mol. The average Bonchev–Trinajstić information content (AvgIpc) is 3.55. The molecule has 1 heterocycles. The number of carbonyl (C=O) groups is 2. The minimum absolute atomic E-state index is 0.0331. The summed E-state index contributed by atoms with van der Waals surface area (Å²) in [5.41, 5.74) is 4.23. The van der Waals surface area contributed by atoms with Crippen LogP contribution in [0.2, 0.25) is 0 Å². The average molecular weight is 518 g/mol. The van der Waals surface area contributed by atoms with E-state index < -0.39 is 0 Å². The molecule has 0 atom stereocenters. The van der Waals surface area contributed by atoms with Crippen molar-refractivity contribution in [3.8, 4) is 0 Å². The van der Waals surface area contributed by atoms with Crippen LogP contribution in [0.5, 0.6) is 0 Å². The molecule has 1 aromatic heterocycles. The Bertz CT molecular complexity index is 1140. The second-order valence-corrected chi connectivity index (χ2v) is 11.7. The molecule has 0 radical (unpaired) electrons. The minimum Gasteiger partial charge on any atom is -0.332 e. The quantitative estimate of drug-likeness (QED) is 0.287. The van der Waals surface area contributed by atoms with Gasteiger partial charge < -0.3 is 15.1 Å². The van der Waals surface area contributed by atoms with Crippen molar-refractivity contribution in [2.75, 3.05) is 18.4 Å². The molecule has 1 fully saturated rings. The molecular formula is C31H39N3O2S. The Kier molecular flexibility index (Phi) is 9.04. The summed E-state index contributed by atoms with van der Waals surface area (Å²) in [4.78, 5) is 32.1. The van der Waals surface area contributed by atoms with E-state index in [2.05, 4.69) is 57.3 Å². The lowest BCUT2D eigenvalue weighted by molar-refractivity contribution is -0.133. The molecule has 4 rings (SSSR count). The van der Waals surface area contributed by atoms with Crippen LogP contribution in [0, 0.1) is 5.92 Å². The largest absolute Gasteiger partial charge is 0.332 e. The maximum atomic E-state index is 13.7. The molecule has 37 heavy (non-hydrogen) atoms. The van der Waals surface area contributed by atoms with Gasteiger partial charge in [0.05, 0.1) is 6.54 Å². The zero-order valence-electron chi connectivity index (χ0n) is 22.4. The first-order valence-corrected chi connectivity index (χ1v) is 14.2. The van der Waals surface area contributed by atoms with Gasteiger partial charge in [-0.25, -0.2) is 4.79 Å². The molecule has 1 N–H and O–H groups in total. The lowest BCUT2D eigenvalue weighted by atomic mass is 9.93. The number of nitrogens with zero attached hydrogens (tertiary/aromatic N) is 2. The van der Waals surface area contributed by atoms with Crippen molar-refractivity contribution in [2.24, 2.45) is 5.92 Å². The van der Waals surface area contributed by atoms with E-state index in [0.717, 1.165) is 40.1 Å². The Balaban J connectivity index is 1.55. The Morgan fingerprint density at radius 3 is 2.11 bits per heavy atom. The van der Waals surface area contributed by atoms with Gasteiger partial charge in [-0.2, -0.15) is 0 Å². The third kappa shape index (κ3) is 7.45. The normalized spacial score (nSPS) is 13.1. The van der Waals surface area contributed by atoms with Crippen LogP contribution in [-0.2, 0) is 17.9 Å². The summed E-state index contributed by atoms with van der Waals surface area (Å²) in [6, 6.07) is 20.2. The Hall–Kier alpha value is -3.12. The fourth-order valence-corrected chi connectivity index (χ4v) is 5.32. The van der Waals surface area contributed by atoms with Crippen LogP contribution in [0.1, 0.15) is 73.9 Å². The number of amides is 3. The van der Waals surface area contributed by atoms with Crippen molar-refractivity contribution < 1.29 is 9.59 Å². The maximum Gasteiger partial charge on any atom is 0.322 e. The van der Waals surface area contributed by atoms with Crippen LogP contribution in [0.4, 0.5) is 10.5 Å². The van der Waals surface area contributed by atoms with Crippen LogP contribution in [0.3, 0.4) is 0 Å². The summed E-state index contributed by atoms with van der Waals surface area (Å²) in [6.07, 6.45) is 2.22. The van der Waals surface area contributed by atoms with E-state index in [1.165, 1.54) is 0 Å². The van der Waals surface area contributed by atoms with E-state index in [0.29, 0.717) is 25.6 Å². The number of hydrogen-bond donors (Lipinski definition) is 1. The third-order valence-corrected chi connectivity index (χ3v) is 7.75. The number of rotatable bonds is 11. The van der Waals surface area contributed by atoms with Gasteiger partial charge in [0.1, 0.15) is 6.54 Å². The molecule has 0 saturated heterocycles. The highest BCUT2D eigenvalue weighted by Gasteiger charge is 2.30. The molecule has 5 nitrogen and oxygen atoms in total. The van der Waals surface area contributed by atoms with Crippen LogP contribution >= 0.6 is 11.3 Å². The maximum absolute atomic E-state index is 13.7. The second kappa shape index (κ2) is 12.4. The molecule has 1 aliphatic rings. The smallest absolute Gasteiger partial charge is 0.322 e. The van der Waals surface area contributed by atoms with Gasteiger partial charge in [-0.05, 0) is 58.7 Å². The van der Waals surface area contributed by atoms with Gasteiger partial charge in [-0.3, -0.25) is 4.79 Å². The summed E-state index contributed by atoms with van der Waals surface area (Å²) >= 11 is 1.65. The van der Waals surface area contributed by atoms with Gasteiger partial charge in [-0.15, -0.1) is 11.3 Å². The van der Waals surface area contributed by atoms with Crippen molar-refractivity contribution >= 4 is 29.0 Å². The summed E-state index contributed by atoms with van der Waals surface area (Å²) in [5.74, 6) is 0.997. The number of para-hydroxylation sites is 1. The number of thiophene rings is 1. The second-order valence-electron chi connectivity index (χ2n) is 10.7. The van der Waals surface area contributed by atoms with E-state index in [-0.39, 0.29) is 30.3 Å². The lowest BCUT2D eigenvalue weighted by Gasteiger charge is -2.29. The standard InChI is InChI=1S/C31H39N3O2S/c1-22(2)27-13-8-14-28(23(3)4)30(27)32-31(36)34(19-25-15-16-25)21-29(35)33(20-26-12-9-17-37-26)18-24-10-6-5-7-11-24/h5-14,17,22-23,25H,15-16,18-21H2,1-4H3,(H,32,36). The summed E-state index contributed by atoms with van der Waals surface area (Å²) in [7, 11) is 0. The van der Waals surface area contributed by atoms with Crippen molar-refractivity contribution in [1.29, 1.82) is 0 Å². The molecule has 1 saturated carbocycles. The first kappa shape index (κ1) is 26.9. The molecule has 6 heteroatoms. The molecule has 3 aromatic rings. The highest BCUT2D eigenvalue weighted by Crippen LogP contribution is 2.34. The predicted octanol–water partition coefficient (Wildman–Crippen LogP) is 7.47. The molecule has 0 bridgehead atoms.